The zero-order chi connectivity index (χ0) is 10.5. The molecule has 0 atom stereocenters. The molecule has 13 heavy (non-hydrogen) atoms. The van der Waals surface area contributed by atoms with Crippen molar-refractivity contribution in [2.24, 2.45) is 27.2 Å². The van der Waals surface area contributed by atoms with Crippen LogP contribution in [0.15, 0.2) is 9.98 Å². The van der Waals surface area contributed by atoms with Gasteiger partial charge in [-0.3, -0.25) is 4.99 Å². The number of aliphatic imine (C=N–C) groups is 2. The molecule has 0 aromatic heterocycles. The van der Waals surface area contributed by atoms with Crippen molar-refractivity contribution in [2.75, 3.05) is 18.6 Å². The smallest absolute Gasteiger partial charge is 0.218 e. The molecule has 0 aliphatic rings. The molecule has 0 aromatic carbocycles. The average molecular weight is 207 g/mol. The maximum atomic E-state index is 10.6. The molecule has 0 fully saturated rings. The molecule has 0 rings (SSSR count). The van der Waals surface area contributed by atoms with Crippen LogP contribution in [0.4, 0.5) is 0 Å². The fourth-order valence-corrected chi connectivity index (χ4v) is 0.917. The van der Waals surface area contributed by atoms with Gasteiger partial charge in [0, 0.05) is 6.26 Å². The minimum absolute atomic E-state index is 0.0570. The molecule has 0 unspecified atom stereocenters. The summed E-state index contributed by atoms with van der Waals surface area (Å²) in [5, 5.41) is 0. The fourth-order valence-electron chi connectivity index (χ4n) is 0.494. The maximum Gasteiger partial charge on any atom is 0.218 e. The van der Waals surface area contributed by atoms with Crippen LogP contribution in [-0.2, 0) is 9.84 Å². The lowest BCUT2D eigenvalue weighted by molar-refractivity contribution is 0.601. The number of hydrogen-bond donors (Lipinski definition) is 3. The summed E-state index contributed by atoms with van der Waals surface area (Å²) in [5.74, 6) is -0.405. The normalized spacial score (nSPS) is 12.5. The van der Waals surface area contributed by atoms with E-state index in [9.17, 15) is 8.42 Å². The van der Waals surface area contributed by atoms with Crippen molar-refractivity contribution in [1.29, 1.82) is 0 Å². The molecule has 7 nitrogen and oxygen atoms in total. The molecule has 0 heterocycles. The van der Waals surface area contributed by atoms with E-state index in [4.69, 9.17) is 17.2 Å². The molecular formula is C5H13N5O2S. The lowest BCUT2D eigenvalue weighted by Gasteiger charge is -1.94. The summed E-state index contributed by atoms with van der Waals surface area (Å²) in [7, 11) is -3.02. The lowest BCUT2D eigenvalue weighted by atomic mass is 10.8. The van der Waals surface area contributed by atoms with Gasteiger partial charge in [-0.15, -0.1) is 0 Å². The second-order valence-electron chi connectivity index (χ2n) is 2.41. The van der Waals surface area contributed by atoms with Crippen LogP contribution < -0.4 is 17.2 Å². The first-order valence-corrected chi connectivity index (χ1v) is 5.44. The molecule has 6 N–H and O–H groups in total. The van der Waals surface area contributed by atoms with Crippen LogP contribution in [0.2, 0.25) is 0 Å². The molecule has 0 bridgehead atoms. The standard InChI is InChI=1S/C5H13N5O2S/c1-13(11,12)3-2-9-5(8)10-4(6)7/h2-3H2,1H3,(H6,6,7,8,9,10). The average Bonchev–Trinajstić information content (AvgIpc) is 1.81. The van der Waals surface area contributed by atoms with Crippen LogP contribution in [-0.4, -0.2) is 38.9 Å². The summed E-state index contributed by atoms with van der Waals surface area (Å²) in [6.07, 6.45) is 1.11. The topological polar surface area (TPSA) is 137 Å². The third-order valence-corrected chi connectivity index (χ3v) is 1.90. The Balaban J connectivity index is 4.07. The van der Waals surface area contributed by atoms with Crippen molar-refractivity contribution < 1.29 is 8.42 Å². The van der Waals surface area contributed by atoms with Crippen molar-refractivity contribution in [1.82, 2.24) is 0 Å². The summed E-state index contributed by atoms with van der Waals surface area (Å²) < 4.78 is 21.3. The predicted octanol–water partition coefficient (Wildman–Crippen LogP) is -2.38. The van der Waals surface area contributed by atoms with E-state index in [2.05, 4.69) is 9.98 Å². The molecule has 0 spiro atoms. The van der Waals surface area contributed by atoms with Crippen LogP contribution in [0.5, 0.6) is 0 Å². The zero-order valence-electron chi connectivity index (χ0n) is 7.27. The van der Waals surface area contributed by atoms with Gasteiger partial charge in [0.05, 0.1) is 12.3 Å². The van der Waals surface area contributed by atoms with Crippen molar-refractivity contribution in [3.63, 3.8) is 0 Å². The van der Waals surface area contributed by atoms with Gasteiger partial charge in [-0.2, -0.15) is 4.99 Å². The first-order chi connectivity index (χ1) is 5.81. The van der Waals surface area contributed by atoms with Gasteiger partial charge in [-0.1, -0.05) is 0 Å². The number of sulfone groups is 1. The molecular weight excluding hydrogens is 194 g/mol. The molecule has 76 valence electrons. The first-order valence-electron chi connectivity index (χ1n) is 3.38. The Labute approximate surface area is 76.6 Å². The summed E-state index contributed by atoms with van der Waals surface area (Å²) in [6.45, 7) is 0.0570. The van der Waals surface area contributed by atoms with Crippen molar-refractivity contribution in [3.8, 4) is 0 Å². The van der Waals surface area contributed by atoms with Gasteiger partial charge in [-0.05, 0) is 0 Å². The largest absolute Gasteiger partial charge is 0.370 e. The van der Waals surface area contributed by atoms with E-state index in [-0.39, 0.29) is 24.2 Å². The van der Waals surface area contributed by atoms with Crippen molar-refractivity contribution in [3.05, 3.63) is 0 Å². The quantitative estimate of drug-likeness (QED) is 0.350. The van der Waals surface area contributed by atoms with Crippen molar-refractivity contribution >= 4 is 21.8 Å². The van der Waals surface area contributed by atoms with Crippen molar-refractivity contribution in [2.45, 2.75) is 0 Å². The highest BCUT2D eigenvalue weighted by atomic mass is 32.2. The van der Waals surface area contributed by atoms with Gasteiger partial charge in [-0.25, -0.2) is 8.42 Å². The van der Waals surface area contributed by atoms with E-state index < -0.39 is 9.84 Å². The first kappa shape index (κ1) is 11.7. The summed E-state index contributed by atoms with van der Waals surface area (Å²) in [4.78, 5) is 7.02. The summed E-state index contributed by atoms with van der Waals surface area (Å²) >= 11 is 0. The van der Waals surface area contributed by atoms with Gasteiger partial charge in [0.1, 0.15) is 9.84 Å². The van der Waals surface area contributed by atoms with Crippen LogP contribution >= 0.6 is 0 Å². The summed E-state index contributed by atoms with van der Waals surface area (Å²) in [5.41, 5.74) is 15.2. The van der Waals surface area contributed by atoms with Crippen LogP contribution in [0, 0.1) is 0 Å². The molecule has 8 heteroatoms. The zero-order valence-corrected chi connectivity index (χ0v) is 8.08. The van der Waals surface area contributed by atoms with Gasteiger partial charge >= 0.3 is 0 Å². The molecule has 0 amide bonds. The highest BCUT2D eigenvalue weighted by Crippen LogP contribution is 1.83. The monoisotopic (exact) mass is 207 g/mol. The molecule has 0 radical (unpaired) electrons. The van der Waals surface area contributed by atoms with Gasteiger partial charge in [0.2, 0.25) is 5.96 Å². The highest BCUT2D eigenvalue weighted by Gasteiger charge is 1.99. The highest BCUT2D eigenvalue weighted by molar-refractivity contribution is 7.90. The van der Waals surface area contributed by atoms with Crippen LogP contribution in [0.25, 0.3) is 0 Å². The Morgan fingerprint density at radius 2 is 1.85 bits per heavy atom. The number of guanidine groups is 2. The number of rotatable bonds is 3. The lowest BCUT2D eigenvalue weighted by Crippen LogP contribution is -2.26. The van der Waals surface area contributed by atoms with Gasteiger partial charge in [0.25, 0.3) is 0 Å². The predicted molar refractivity (Wildman–Crippen MR) is 52.0 cm³/mol. The molecule has 0 saturated carbocycles. The second kappa shape index (κ2) is 4.65. The van der Waals surface area contributed by atoms with E-state index >= 15 is 0 Å². The van der Waals surface area contributed by atoms with Crippen LogP contribution in [0.1, 0.15) is 0 Å². The maximum absolute atomic E-state index is 10.6. The summed E-state index contributed by atoms with van der Waals surface area (Å²) in [6, 6.07) is 0. The number of hydrogen-bond acceptors (Lipinski definition) is 3. The van der Waals surface area contributed by atoms with E-state index in [1.165, 1.54) is 0 Å². The Bertz CT molecular complexity index is 314. The molecule has 0 aromatic rings. The Morgan fingerprint density at radius 1 is 1.31 bits per heavy atom. The van der Waals surface area contributed by atoms with Crippen LogP contribution in [0.3, 0.4) is 0 Å². The third-order valence-electron chi connectivity index (χ3n) is 0.980. The van der Waals surface area contributed by atoms with E-state index in [0.29, 0.717) is 0 Å². The molecule has 0 aliphatic carbocycles. The van der Waals surface area contributed by atoms with Gasteiger partial charge in [0.15, 0.2) is 5.96 Å². The van der Waals surface area contributed by atoms with E-state index in [1.807, 2.05) is 0 Å². The fraction of sp³-hybridized carbons (Fsp3) is 0.600. The Hall–Kier alpha value is -1.31. The second-order valence-corrected chi connectivity index (χ2v) is 4.67. The van der Waals surface area contributed by atoms with E-state index in [1.54, 1.807) is 0 Å². The third kappa shape index (κ3) is 8.60. The SMILES string of the molecule is CS(=O)(=O)CCN=C(N)N=C(N)N. The molecule has 0 saturated heterocycles. The minimum atomic E-state index is -3.02. The minimum Gasteiger partial charge on any atom is -0.370 e. The number of nitrogens with two attached hydrogens (primary N) is 3. The Kier molecular flexibility index (Phi) is 4.18. The van der Waals surface area contributed by atoms with E-state index in [0.717, 1.165) is 6.26 Å². The van der Waals surface area contributed by atoms with Gasteiger partial charge < -0.3 is 17.2 Å². The Morgan fingerprint density at radius 3 is 2.23 bits per heavy atom. The molecule has 0 aliphatic heterocycles. The number of nitrogens with zero attached hydrogens (tertiary/aromatic N) is 2.